The lowest BCUT2D eigenvalue weighted by molar-refractivity contribution is -0.108. The maximum Gasteiger partial charge on any atom is 0.183 e. The standard InChI is InChI=1S/C13H14F2N2O/c1-8(2)5-10(7-18)17-13-9(6-16)3-4-11(14)12(13)15/h3-4,7-8,10,17H,5H2,1-2H3/t10-/m1/s1. The molecule has 0 saturated carbocycles. The van der Waals surface area contributed by atoms with E-state index in [2.05, 4.69) is 5.32 Å². The molecule has 0 aromatic heterocycles. The monoisotopic (exact) mass is 252 g/mol. The number of anilines is 1. The fourth-order valence-corrected chi connectivity index (χ4v) is 1.63. The minimum absolute atomic E-state index is 0.0236. The maximum absolute atomic E-state index is 13.6. The Morgan fingerprint density at radius 2 is 2.11 bits per heavy atom. The molecule has 0 spiro atoms. The van der Waals surface area contributed by atoms with E-state index in [0.717, 1.165) is 6.07 Å². The van der Waals surface area contributed by atoms with Crippen LogP contribution in [0, 0.1) is 28.9 Å². The Morgan fingerprint density at radius 1 is 1.44 bits per heavy atom. The van der Waals surface area contributed by atoms with Gasteiger partial charge in [-0.25, -0.2) is 8.78 Å². The van der Waals surface area contributed by atoms with Gasteiger partial charge < -0.3 is 10.1 Å². The quantitative estimate of drug-likeness (QED) is 0.820. The summed E-state index contributed by atoms with van der Waals surface area (Å²) < 4.78 is 26.7. The average molecular weight is 252 g/mol. The van der Waals surface area contributed by atoms with Crippen LogP contribution in [0.2, 0.25) is 0 Å². The van der Waals surface area contributed by atoms with Crippen molar-refractivity contribution in [3.8, 4) is 6.07 Å². The number of hydrogen-bond acceptors (Lipinski definition) is 3. The van der Waals surface area contributed by atoms with Gasteiger partial charge in [-0.15, -0.1) is 0 Å². The molecule has 0 amide bonds. The molecule has 0 aliphatic carbocycles. The van der Waals surface area contributed by atoms with E-state index in [1.54, 1.807) is 6.07 Å². The number of nitrogens with zero attached hydrogens (tertiary/aromatic N) is 1. The van der Waals surface area contributed by atoms with Gasteiger partial charge in [-0.05, 0) is 24.5 Å². The Hall–Kier alpha value is -1.96. The Kier molecular flexibility index (Phi) is 4.78. The van der Waals surface area contributed by atoms with Gasteiger partial charge in [0.1, 0.15) is 12.4 Å². The largest absolute Gasteiger partial charge is 0.372 e. The van der Waals surface area contributed by atoms with Crippen molar-refractivity contribution in [3.05, 3.63) is 29.3 Å². The summed E-state index contributed by atoms with van der Waals surface area (Å²) in [7, 11) is 0. The molecule has 0 radical (unpaired) electrons. The van der Waals surface area contributed by atoms with Crippen molar-refractivity contribution in [1.29, 1.82) is 5.26 Å². The Balaban J connectivity index is 3.05. The second kappa shape index (κ2) is 6.10. The van der Waals surface area contributed by atoms with Crippen molar-refractivity contribution < 1.29 is 13.6 Å². The molecule has 1 N–H and O–H groups in total. The second-order valence-electron chi connectivity index (χ2n) is 4.41. The molecule has 1 aromatic carbocycles. The van der Waals surface area contributed by atoms with Crippen LogP contribution in [-0.2, 0) is 4.79 Å². The molecule has 96 valence electrons. The van der Waals surface area contributed by atoms with Crippen LogP contribution in [0.5, 0.6) is 0 Å². The van der Waals surface area contributed by atoms with Crippen molar-refractivity contribution in [2.45, 2.75) is 26.3 Å². The van der Waals surface area contributed by atoms with Gasteiger partial charge in [0, 0.05) is 0 Å². The van der Waals surface area contributed by atoms with E-state index < -0.39 is 17.7 Å². The first-order valence-electron chi connectivity index (χ1n) is 5.59. The lowest BCUT2D eigenvalue weighted by Crippen LogP contribution is -2.24. The molecule has 1 rings (SSSR count). The lowest BCUT2D eigenvalue weighted by atomic mass is 10.0. The van der Waals surface area contributed by atoms with Gasteiger partial charge >= 0.3 is 0 Å². The minimum Gasteiger partial charge on any atom is -0.372 e. The number of aldehydes is 1. The predicted molar refractivity (Wildman–Crippen MR) is 64.0 cm³/mol. The van der Waals surface area contributed by atoms with Crippen molar-refractivity contribution in [1.82, 2.24) is 0 Å². The Bertz CT molecular complexity index is 481. The maximum atomic E-state index is 13.6. The molecule has 0 fully saturated rings. The average Bonchev–Trinajstić information content (AvgIpc) is 2.33. The topological polar surface area (TPSA) is 52.9 Å². The van der Waals surface area contributed by atoms with E-state index in [9.17, 15) is 13.6 Å². The van der Waals surface area contributed by atoms with Crippen LogP contribution in [0.25, 0.3) is 0 Å². The zero-order valence-corrected chi connectivity index (χ0v) is 10.2. The predicted octanol–water partition coefficient (Wildman–Crippen LogP) is 2.86. The molecule has 1 atom stereocenters. The summed E-state index contributed by atoms with van der Waals surface area (Å²) in [6, 6.07) is 3.18. The molecule has 1 aromatic rings. The first-order valence-corrected chi connectivity index (χ1v) is 5.59. The van der Waals surface area contributed by atoms with Crippen molar-refractivity contribution in [3.63, 3.8) is 0 Å². The summed E-state index contributed by atoms with van der Waals surface area (Å²) in [6.07, 6.45) is 1.11. The number of carbonyl (C=O) groups excluding carboxylic acids is 1. The van der Waals surface area contributed by atoms with Crippen molar-refractivity contribution in [2.24, 2.45) is 5.92 Å². The van der Waals surface area contributed by atoms with E-state index in [1.807, 2.05) is 13.8 Å². The smallest absolute Gasteiger partial charge is 0.183 e. The summed E-state index contributed by atoms with van der Waals surface area (Å²) >= 11 is 0. The van der Waals surface area contributed by atoms with E-state index in [4.69, 9.17) is 5.26 Å². The molecular weight excluding hydrogens is 238 g/mol. The highest BCUT2D eigenvalue weighted by atomic mass is 19.2. The number of halogens is 2. The SMILES string of the molecule is CC(C)C[C@H](C=O)Nc1c(C#N)ccc(F)c1F. The number of hydrogen-bond donors (Lipinski definition) is 1. The number of nitriles is 1. The van der Waals surface area contributed by atoms with Crippen molar-refractivity contribution in [2.75, 3.05) is 5.32 Å². The Labute approximate surface area is 104 Å². The van der Waals surface area contributed by atoms with Gasteiger partial charge in [0.2, 0.25) is 0 Å². The van der Waals surface area contributed by atoms with Gasteiger partial charge in [0.05, 0.1) is 17.3 Å². The van der Waals surface area contributed by atoms with E-state index in [1.165, 1.54) is 6.07 Å². The first kappa shape index (κ1) is 14.1. The van der Waals surface area contributed by atoms with Gasteiger partial charge in [0.15, 0.2) is 11.6 Å². The van der Waals surface area contributed by atoms with Crippen molar-refractivity contribution >= 4 is 12.0 Å². The van der Waals surface area contributed by atoms with E-state index in [0.29, 0.717) is 12.7 Å². The molecule has 0 heterocycles. The summed E-state index contributed by atoms with van der Waals surface area (Å²) in [5, 5.41) is 11.4. The van der Waals surface area contributed by atoms with Crippen LogP contribution < -0.4 is 5.32 Å². The molecule has 0 unspecified atom stereocenters. The molecule has 0 aliphatic heterocycles. The molecule has 18 heavy (non-hydrogen) atoms. The van der Waals surface area contributed by atoms with Crippen LogP contribution in [-0.4, -0.2) is 12.3 Å². The highest BCUT2D eigenvalue weighted by molar-refractivity contribution is 5.68. The second-order valence-corrected chi connectivity index (χ2v) is 4.41. The normalized spacial score (nSPS) is 12.0. The Morgan fingerprint density at radius 3 is 2.61 bits per heavy atom. The molecule has 0 bridgehead atoms. The van der Waals surface area contributed by atoms with Crippen LogP contribution in [0.4, 0.5) is 14.5 Å². The van der Waals surface area contributed by atoms with Crippen LogP contribution in [0.15, 0.2) is 12.1 Å². The highest BCUT2D eigenvalue weighted by Gasteiger charge is 2.17. The zero-order chi connectivity index (χ0) is 13.7. The summed E-state index contributed by atoms with van der Waals surface area (Å²) in [6.45, 7) is 3.82. The molecule has 5 heteroatoms. The first-order chi connectivity index (χ1) is 8.49. The molecular formula is C13H14F2N2O. The third-order valence-electron chi connectivity index (χ3n) is 2.43. The van der Waals surface area contributed by atoms with Crippen LogP contribution in [0.1, 0.15) is 25.8 Å². The summed E-state index contributed by atoms with van der Waals surface area (Å²) in [5.74, 6) is -1.97. The third-order valence-corrected chi connectivity index (χ3v) is 2.43. The summed E-state index contributed by atoms with van der Waals surface area (Å²) in [5.41, 5.74) is -0.278. The van der Waals surface area contributed by atoms with Gasteiger partial charge in [-0.1, -0.05) is 13.8 Å². The number of carbonyl (C=O) groups is 1. The molecule has 0 aliphatic rings. The summed E-state index contributed by atoms with van der Waals surface area (Å²) in [4.78, 5) is 10.9. The third kappa shape index (κ3) is 3.27. The number of benzene rings is 1. The number of nitrogens with one attached hydrogen (secondary N) is 1. The lowest BCUT2D eigenvalue weighted by Gasteiger charge is -2.17. The molecule has 3 nitrogen and oxygen atoms in total. The zero-order valence-electron chi connectivity index (χ0n) is 10.2. The van der Waals surface area contributed by atoms with E-state index in [-0.39, 0.29) is 17.2 Å². The van der Waals surface area contributed by atoms with Crippen LogP contribution in [0.3, 0.4) is 0 Å². The van der Waals surface area contributed by atoms with E-state index >= 15 is 0 Å². The van der Waals surface area contributed by atoms with Gasteiger partial charge in [-0.2, -0.15) is 5.26 Å². The van der Waals surface area contributed by atoms with Gasteiger partial charge in [-0.3, -0.25) is 0 Å². The minimum atomic E-state index is -1.13. The number of rotatable bonds is 5. The molecule has 0 saturated heterocycles. The fourth-order valence-electron chi connectivity index (χ4n) is 1.63. The van der Waals surface area contributed by atoms with Gasteiger partial charge in [0.25, 0.3) is 0 Å². The highest BCUT2D eigenvalue weighted by Crippen LogP contribution is 2.23. The van der Waals surface area contributed by atoms with Crippen LogP contribution >= 0.6 is 0 Å². The fraction of sp³-hybridized carbons (Fsp3) is 0.385.